The van der Waals surface area contributed by atoms with Crippen molar-refractivity contribution in [3.8, 4) is 0 Å². The molecule has 0 radical (unpaired) electrons. The van der Waals surface area contributed by atoms with E-state index in [9.17, 15) is 0 Å². The van der Waals surface area contributed by atoms with Gasteiger partial charge in [0.2, 0.25) is 5.13 Å². The van der Waals surface area contributed by atoms with Gasteiger partial charge in [-0.05, 0) is 6.07 Å². The number of hydrogen-bond donors (Lipinski definition) is 2. The second-order valence-corrected chi connectivity index (χ2v) is 6.00. The number of rotatable bonds is 4. The Hall–Kier alpha value is -1.60. The average molecular weight is 279 g/mol. The molecule has 2 aromatic rings. The van der Waals surface area contributed by atoms with Crippen molar-refractivity contribution >= 4 is 34.1 Å². The highest BCUT2D eigenvalue weighted by atomic mass is 32.2. The molecule has 0 unspecified atom stereocenters. The van der Waals surface area contributed by atoms with E-state index in [1.807, 2.05) is 43.3 Å². The van der Waals surface area contributed by atoms with Gasteiger partial charge in [0.05, 0.1) is 0 Å². The van der Waals surface area contributed by atoms with Crippen LogP contribution in [0.15, 0.2) is 33.5 Å². The van der Waals surface area contributed by atoms with Crippen molar-refractivity contribution in [2.75, 3.05) is 19.0 Å². The first-order chi connectivity index (χ1) is 8.58. The van der Waals surface area contributed by atoms with Crippen molar-refractivity contribution in [2.45, 2.75) is 9.24 Å². The summed E-state index contributed by atoms with van der Waals surface area (Å²) in [5.41, 5.74) is 6.28. The first kappa shape index (κ1) is 12.8. The first-order valence-corrected chi connectivity index (χ1v) is 6.83. The van der Waals surface area contributed by atoms with Crippen molar-refractivity contribution in [1.29, 1.82) is 5.41 Å². The second kappa shape index (κ2) is 5.36. The van der Waals surface area contributed by atoms with E-state index in [1.54, 1.807) is 0 Å². The molecule has 0 aliphatic rings. The molecule has 0 aliphatic carbocycles. The zero-order chi connectivity index (χ0) is 13.1. The van der Waals surface area contributed by atoms with Crippen LogP contribution in [0, 0.1) is 5.41 Å². The molecule has 0 fully saturated rings. The molecule has 1 aromatic heterocycles. The highest BCUT2D eigenvalue weighted by Crippen LogP contribution is 2.34. The normalized spacial score (nSPS) is 10.3. The second-order valence-electron chi connectivity index (χ2n) is 3.76. The first-order valence-electron chi connectivity index (χ1n) is 5.20. The number of nitrogens with one attached hydrogen (secondary N) is 1. The number of nitrogen functional groups attached to an aromatic ring is 1. The summed E-state index contributed by atoms with van der Waals surface area (Å²) in [7, 11) is 3.86. The predicted octanol–water partition coefficient (Wildman–Crippen LogP) is 2.04. The van der Waals surface area contributed by atoms with Gasteiger partial charge in [-0.15, -0.1) is 10.2 Å². The van der Waals surface area contributed by atoms with Gasteiger partial charge in [-0.2, -0.15) is 0 Å². The summed E-state index contributed by atoms with van der Waals surface area (Å²) < 4.78 is 0.840. The van der Waals surface area contributed by atoms with Gasteiger partial charge >= 0.3 is 0 Å². The molecule has 1 heterocycles. The van der Waals surface area contributed by atoms with Crippen LogP contribution in [0.25, 0.3) is 0 Å². The zero-order valence-electron chi connectivity index (χ0n) is 10.0. The molecule has 5 nitrogen and oxygen atoms in total. The lowest BCUT2D eigenvalue weighted by Crippen LogP contribution is -2.11. The fraction of sp³-hybridized carbons (Fsp3) is 0.182. The third-order valence-corrected chi connectivity index (χ3v) is 4.37. The lowest BCUT2D eigenvalue weighted by atomic mass is 10.2. The van der Waals surface area contributed by atoms with Gasteiger partial charge in [-0.1, -0.05) is 41.3 Å². The highest BCUT2D eigenvalue weighted by Gasteiger charge is 2.11. The SMILES string of the molecule is CN(C)c1nnc(Sc2ccccc2C(=N)N)s1. The molecular formula is C11H13N5S2. The summed E-state index contributed by atoms with van der Waals surface area (Å²) >= 11 is 2.99. The van der Waals surface area contributed by atoms with Crippen molar-refractivity contribution in [3.05, 3.63) is 29.8 Å². The molecule has 3 N–H and O–H groups in total. The van der Waals surface area contributed by atoms with E-state index in [-0.39, 0.29) is 5.84 Å². The van der Waals surface area contributed by atoms with Crippen LogP contribution in [0.3, 0.4) is 0 Å². The van der Waals surface area contributed by atoms with Crippen molar-refractivity contribution in [1.82, 2.24) is 10.2 Å². The average Bonchev–Trinajstić information content (AvgIpc) is 2.78. The molecule has 0 saturated heterocycles. The Morgan fingerprint density at radius 1 is 1.33 bits per heavy atom. The van der Waals surface area contributed by atoms with Crippen LogP contribution >= 0.6 is 23.1 Å². The molecule has 0 amide bonds. The molecule has 0 saturated carbocycles. The quantitative estimate of drug-likeness (QED) is 0.661. The standard InChI is InChI=1S/C11H13N5S2/c1-16(2)10-14-15-11(18-10)17-8-6-4-3-5-7(8)9(12)13/h3-6H,1-2H3,(H3,12,13). The Kier molecular flexibility index (Phi) is 3.83. The molecular weight excluding hydrogens is 266 g/mol. The Morgan fingerprint density at radius 3 is 2.67 bits per heavy atom. The van der Waals surface area contributed by atoms with Crippen LogP contribution < -0.4 is 10.6 Å². The van der Waals surface area contributed by atoms with Gasteiger partial charge in [0.1, 0.15) is 5.84 Å². The topological polar surface area (TPSA) is 78.9 Å². The molecule has 94 valence electrons. The van der Waals surface area contributed by atoms with Crippen LogP contribution in [-0.4, -0.2) is 30.1 Å². The van der Waals surface area contributed by atoms with Crippen molar-refractivity contribution in [3.63, 3.8) is 0 Å². The Morgan fingerprint density at radius 2 is 2.06 bits per heavy atom. The summed E-state index contributed by atoms with van der Waals surface area (Å²) in [5, 5.41) is 16.6. The highest BCUT2D eigenvalue weighted by molar-refractivity contribution is 8.01. The van der Waals surface area contributed by atoms with Crippen LogP contribution in [0.2, 0.25) is 0 Å². The monoisotopic (exact) mass is 279 g/mol. The van der Waals surface area contributed by atoms with E-state index >= 15 is 0 Å². The minimum atomic E-state index is 0.0652. The Labute approximate surface area is 114 Å². The molecule has 1 aromatic carbocycles. The van der Waals surface area contributed by atoms with E-state index in [0.717, 1.165) is 19.9 Å². The maximum atomic E-state index is 7.54. The fourth-order valence-electron chi connectivity index (χ4n) is 1.30. The summed E-state index contributed by atoms with van der Waals surface area (Å²) in [6.07, 6.45) is 0. The van der Waals surface area contributed by atoms with Crippen LogP contribution in [-0.2, 0) is 0 Å². The summed E-state index contributed by atoms with van der Waals surface area (Å²) in [5.74, 6) is 0.0652. The number of hydrogen-bond acceptors (Lipinski definition) is 6. The number of anilines is 1. The molecule has 0 atom stereocenters. The van der Waals surface area contributed by atoms with E-state index in [2.05, 4.69) is 10.2 Å². The number of aromatic nitrogens is 2. The van der Waals surface area contributed by atoms with Crippen LogP contribution in [0.4, 0.5) is 5.13 Å². The number of amidine groups is 1. The molecule has 18 heavy (non-hydrogen) atoms. The van der Waals surface area contributed by atoms with Gasteiger partial charge in [-0.25, -0.2) is 0 Å². The Bertz CT molecular complexity index is 564. The van der Waals surface area contributed by atoms with E-state index in [0.29, 0.717) is 0 Å². The number of nitrogens with zero attached hydrogens (tertiary/aromatic N) is 3. The molecule has 0 spiro atoms. The molecule has 2 rings (SSSR count). The maximum Gasteiger partial charge on any atom is 0.208 e. The lowest BCUT2D eigenvalue weighted by molar-refractivity contribution is 0.972. The van der Waals surface area contributed by atoms with Gasteiger partial charge in [0.25, 0.3) is 0 Å². The maximum absolute atomic E-state index is 7.54. The smallest absolute Gasteiger partial charge is 0.208 e. The summed E-state index contributed by atoms with van der Waals surface area (Å²) in [4.78, 5) is 2.84. The van der Waals surface area contributed by atoms with E-state index in [4.69, 9.17) is 11.1 Å². The fourth-order valence-corrected chi connectivity index (χ4v) is 3.16. The van der Waals surface area contributed by atoms with Gasteiger partial charge < -0.3 is 10.6 Å². The Balaban J connectivity index is 2.25. The number of benzene rings is 1. The van der Waals surface area contributed by atoms with Crippen molar-refractivity contribution < 1.29 is 0 Å². The van der Waals surface area contributed by atoms with Crippen molar-refractivity contribution in [2.24, 2.45) is 5.73 Å². The molecule has 0 bridgehead atoms. The van der Waals surface area contributed by atoms with Gasteiger partial charge in [0, 0.05) is 24.6 Å². The lowest BCUT2D eigenvalue weighted by Gasteiger charge is -2.05. The van der Waals surface area contributed by atoms with Crippen LogP contribution in [0.5, 0.6) is 0 Å². The zero-order valence-corrected chi connectivity index (χ0v) is 11.7. The minimum absolute atomic E-state index is 0.0652. The van der Waals surface area contributed by atoms with E-state index in [1.165, 1.54) is 23.1 Å². The van der Waals surface area contributed by atoms with Crippen LogP contribution in [0.1, 0.15) is 5.56 Å². The predicted molar refractivity (Wildman–Crippen MR) is 75.8 cm³/mol. The van der Waals surface area contributed by atoms with Gasteiger partial charge in [0.15, 0.2) is 4.34 Å². The van der Waals surface area contributed by atoms with Gasteiger partial charge in [-0.3, -0.25) is 5.41 Å². The number of nitrogens with two attached hydrogens (primary N) is 1. The third kappa shape index (κ3) is 2.80. The molecule has 0 aliphatic heterocycles. The van der Waals surface area contributed by atoms with E-state index < -0.39 is 0 Å². The largest absolute Gasteiger partial charge is 0.384 e. The molecule has 7 heteroatoms. The summed E-state index contributed by atoms with van der Waals surface area (Å²) in [6, 6.07) is 7.55. The summed E-state index contributed by atoms with van der Waals surface area (Å²) in [6.45, 7) is 0. The third-order valence-electron chi connectivity index (χ3n) is 2.15. The minimum Gasteiger partial charge on any atom is -0.384 e.